The van der Waals surface area contributed by atoms with E-state index in [2.05, 4.69) is 26.0 Å². The van der Waals surface area contributed by atoms with Gasteiger partial charge in [-0.25, -0.2) is 0 Å². The third-order valence-corrected chi connectivity index (χ3v) is 6.48. The molecule has 2 aromatic rings. The van der Waals surface area contributed by atoms with Crippen molar-refractivity contribution in [2.24, 2.45) is 23.7 Å². The van der Waals surface area contributed by atoms with Gasteiger partial charge in [0.25, 0.3) is 0 Å². The number of benzene rings is 2. The second-order valence-electron chi connectivity index (χ2n) is 8.63. The Hall–Kier alpha value is -2.35. The predicted octanol–water partition coefficient (Wildman–Crippen LogP) is 6.10. The third-order valence-electron chi connectivity index (χ3n) is 6.48. The zero-order valence-electron chi connectivity index (χ0n) is 16.2. The Morgan fingerprint density at radius 2 is 1.52 bits per heavy atom. The molecule has 2 saturated carbocycles. The fraction of sp³-hybridized carbons (Fsp3) is 0.400. The average molecular weight is 360 g/mol. The maximum absolute atomic E-state index is 11.1. The van der Waals surface area contributed by atoms with Gasteiger partial charge < -0.3 is 5.11 Å². The van der Waals surface area contributed by atoms with Gasteiger partial charge in [0.1, 0.15) is 12.0 Å². The molecule has 140 valence electrons. The Balaban J connectivity index is 1.88. The van der Waals surface area contributed by atoms with Crippen LogP contribution in [-0.2, 0) is 0 Å². The molecule has 2 aromatic carbocycles. The van der Waals surface area contributed by atoms with Crippen LogP contribution in [0.15, 0.2) is 54.1 Å². The van der Waals surface area contributed by atoms with Gasteiger partial charge in [-0.3, -0.25) is 4.79 Å². The van der Waals surface area contributed by atoms with Crippen molar-refractivity contribution >= 4 is 11.9 Å². The van der Waals surface area contributed by atoms with E-state index in [9.17, 15) is 9.90 Å². The molecule has 0 aromatic heterocycles. The molecule has 1 N–H and O–H groups in total. The maximum atomic E-state index is 11.1. The summed E-state index contributed by atoms with van der Waals surface area (Å²) in [6, 6.07) is 15.6. The predicted molar refractivity (Wildman–Crippen MR) is 110 cm³/mol. The molecule has 2 aliphatic rings. The quantitative estimate of drug-likeness (QED) is 0.672. The smallest absolute Gasteiger partial charge is 0.150 e. The number of hydrogen-bond acceptors (Lipinski definition) is 2. The lowest BCUT2D eigenvalue weighted by Crippen LogP contribution is -2.32. The molecule has 2 aliphatic carbocycles. The minimum absolute atomic E-state index is 0.294. The summed E-state index contributed by atoms with van der Waals surface area (Å²) < 4.78 is 0. The Labute approximate surface area is 161 Å². The minimum atomic E-state index is 0.294. The molecule has 0 amide bonds. The van der Waals surface area contributed by atoms with E-state index in [1.54, 1.807) is 17.7 Å². The van der Waals surface area contributed by atoms with Gasteiger partial charge in [0.15, 0.2) is 0 Å². The van der Waals surface area contributed by atoms with E-state index in [-0.39, 0.29) is 0 Å². The van der Waals surface area contributed by atoms with E-state index in [0.29, 0.717) is 23.1 Å². The first kappa shape index (κ1) is 18.0. The third kappa shape index (κ3) is 3.58. The summed E-state index contributed by atoms with van der Waals surface area (Å²) in [5.41, 5.74) is 5.91. The van der Waals surface area contributed by atoms with E-state index in [4.69, 9.17) is 0 Å². The van der Waals surface area contributed by atoms with E-state index in [0.717, 1.165) is 23.7 Å². The molecule has 4 rings (SSSR count). The summed E-state index contributed by atoms with van der Waals surface area (Å²) in [6.07, 6.45) is 6.11. The lowest BCUT2D eigenvalue weighted by Gasteiger charge is -2.44. The molecule has 27 heavy (non-hydrogen) atoms. The van der Waals surface area contributed by atoms with Gasteiger partial charge in [-0.1, -0.05) is 55.8 Å². The number of phenolic OH excluding ortho intramolecular Hbond substituents is 1. The van der Waals surface area contributed by atoms with Crippen molar-refractivity contribution in [3.05, 3.63) is 70.8 Å². The molecule has 4 atom stereocenters. The lowest BCUT2D eigenvalue weighted by atomic mass is 9.61. The SMILES string of the molecule is CC1CC2CC(C)/C(=C(\c3ccc(O)cc3)c3ccc(C=O)cc3)C(C1)C2. The number of fused-ring (bicyclic) bond motifs is 2. The van der Waals surface area contributed by atoms with E-state index in [1.165, 1.54) is 36.8 Å². The number of hydrogen-bond donors (Lipinski definition) is 1. The molecular formula is C25H28O2. The largest absolute Gasteiger partial charge is 0.508 e. The molecule has 0 saturated heterocycles. The molecule has 0 aliphatic heterocycles. The summed E-state index contributed by atoms with van der Waals surface area (Å²) in [6.45, 7) is 4.77. The Morgan fingerprint density at radius 3 is 2.15 bits per heavy atom. The number of aromatic hydroxyl groups is 1. The first-order chi connectivity index (χ1) is 13.0. The van der Waals surface area contributed by atoms with Crippen LogP contribution in [0.2, 0.25) is 0 Å². The number of allylic oxidation sites excluding steroid dienone is 1. The fourth-order valence-electron chi connectivity index (χ4n) is 5.53. The first-order valence-corrected chi connectivity index (χ1v) is 10.1. The van der Waals surface area contributed by atoms with Crippen molar-refractivity contribution in [3.8, 4) is 5.75 Å². The molecule has 2 nitrogen and oxygen atoms in total. The van der Waals surface area contributed by atoms with Gasteiger partial charge in [0.2, 0.25) is 0 Å². The second-order valence-corrected chi connectivity index (χ2v) is 8.63. The Morgan fingerprint density at radius 1 is 0.889 bits per heavy atom. The van der Waals surface area contributed by atoms with Crippen molar-refractivity contribution in [2.45, 2.75) is 39.5 Å². The van der Waals surface area contributed by atoms with Gasteiger partial charge in [-0.15, -0.1) is 0 Å². The highest BCUT2D eigenvalue weighted by Crippen LogP contribution is 2.51. The second kappa shape index (κ2) is 7.34. The summed E-state index contributed by atoms with van der Waals surface area (Å²) in [5.74, 6) is 3.14. The molecule has 2 fully saturated rings. The van der Waals surface area contributed by atoms with Crippen molar-refractivity contribution in [3.63, 3.8) is 0 Å². The molecule has 2 bridgehead atoms. The molecule has 0 spiro atoms. The number of aldehydes is 1. The van der Waals surface area contributed by atoms with Gasteiger partial charge in [-0.2, -0.15) is 0 Å². The topological polar surface area (TPSA) is 37.3 Å². The zero-order valence-corrected chi connectivity index (χ0v) is 16.2. The van der Waals surface area contributed by atoms with Gasteiger partial charge in [0.05, 0.1) is 0 Å². The number of rotatable bonds is 3. The van der Waals surface area contributed by atoms with Crippen LogP contribution in [0.3, 0.4) is 0 Å². The fourth-order valence-corrected chi connectivity index (χ4v) is 5.53. The average Bonchev–Trinajstić information content (AvgIpc) is 2.65. The van der Waals surface area contributed by atoms with Gasteiger partial charge in [-0.05, 0) is 78.2 Å². The van der Waals surface area contributed by atoms with Crippen molar-refractivity contribution < 1.29 is 9.90 Å². The van der Waals surface area contributed by atoms with Crippen molar-refractivity contribution in [2.75, 3.05) is 0 Å². The normalized spacial score (nSPS) is 29.3. The van der Waals surface area contributed by atoms with Crippen molar-refractivity contribution in [1.29, 1.82) is 0 Å². The van der Waals surface area contributed by atoms with Gasteiger partial charge in [0, 0.05) is 5.56 Å². The number of carbonyl (C=O) groups excluding carboxylic acids is 1. The van der Waals surface area contributed by atoms with Crippen LogP contribution in [0.5, 0.6) is 5.75 Å². The van der Waals surface area contributed by atoms with Crippen LogP contribution in [0, 0.1) is 23.7 Å². The van der Waals surface area contributed by atoms with E-state index < -0.39 is 0 Å². The van der Waals surface area contributed by atoms with Crippen molar-refractivity contribution in [1.82, 2.24) is 0 Å². The molecule has 0 radical (unpaired) electrons. The highest BCUT2D eigenvalue weighted by atomic mass is 16.3. The van der Waals surface area contributed by atoms with E-state index >= 15 is 0 Å². The molecule has 4 unspecified atom stereocenters. The van der Waals surface area contributed by atoms with Gasteiger partial charge >= 0.3 is 0 Å². The van der Waals surface area contributed by atoms with Crippen LogP contribution in [-0.4, -0.2) is 11.4 Å². The minimum Gasteiger partial charge on any atom is -0.508 e. The van der Waals surface area contributed by atoms with Crippen LogP contribution in [0.4, 0.5) is 0 Å². The van der Waals surface area contributed by atoms with E-state index in [1.807, 2.05) is 24.3 Å². The standard InChI is InChI=1S/C25H28O2/c1-16-11-19-13-17(2)24(22(12-16)14-19)25(21-7-9-23(27)10-8-21)20-5-3-18(15-26)4-6-20/h3-10,15-17,19,22,27H,11-14H2,1-2H3/b25-24+. The number of carbonyl (C=O) groups is 1. The van der Waals surface area contributed by atoms with Crippen LogP contribution in [0.1, 0.15) is 61.0 Å². The Bertz CT molecular complexity index is 841. The highest BCUT2D eigenvalue weighted by molar-refractivity contribution is 5.84. The number of phenols is 1. The molecular weight excluding hydrogens is 332 g/mol. The molecule has 0 heterocycles. The highest BCUT2D eigenvalue weighted by Gasteiger charge is 2.38. The van der Waals surface area contributed by atoms with Crippen LogP contribution in [0.25, 0.3) is 5.57 Å². The summed E-state index contributed by atoms with van der Waals surface area (Å²) in [7, 11) is 0. The zero-order chi connectivity index (χ0) is 19.0. The lowest BCUT2D eigenvalue weighted by molar-refractivity contribution is 0.112. The maximum Gasteiger partial charge on any atom is 0.150 e. The summed E-state index contributed by atoms with van der Waals surface area (Å²) in [4.78, 5) is 11.1. The summed E-state index contributed by atoms with van der Waals surface area (Å²) in [5, 5.41) is 9.76. The van der Waals surface area contributed by atoms with Crippen LogP contribution < -0.4 is 0 Å². The first-order valence-electron chi connectivity index (χ1n) is 10.1. The summed E-state index contributed by atoms with van der Waals surface area (Å²) >= 11 is 0. The monoisotopic (exact) mass is 360 g/mol. The molecule has 2 heteroatoms. The van der Waals surface area contributed by atoms with Crippen LogP contribution >= 0.6 is 0 Å². The Kier molecular flexibility index (Phi) is 4.90.